The summed E-state index contributed by atoms with van der Waals surface area (Å²) in [6, 6.07) is 35.0. The summed E-state index contributed by atoms with van der Waals surface area (Å²) in [7, 11) is 0. The molecular formula is C30H28N2O2. The van der Waals surface area contributed by atoms with E-state index in [1.165, 1.54) is 5.56 Å². The number of rotatable bonds is 8. The van der Waals surface area contributed by atoms with Gasteiger partial charge < -0.3 is 10.2 Å². The number of nitrogens with zero attached hydrogens (tertiary/aromatic N) is 1. The summed E-state index contributed by atoms with van der Waals surface area (Å²) >= 11 is 0. The highest BCUT2D eigenvalue weighted by Gasteiger charge is 2.18. The first-order valence-corrected chi connectivity index (χ1v) is 11.4. The molecule has 34 heavy (non-hydrogen) atoms. The number of hydrogen-bond donors (Lipinski definition) is 1. The van der Waals surface area contributed by atoms with E-state index in [1.807, 2.05) is 104 Å². The highest BCUT2D eigenvalue weighted by atomic mass is 16.2. The Morgan fingerprint density at radius 2 is 1.26 bits per heavy atom. The summed E-state index contributed by atoms with van der Waals surface area (Å²) in [5, 5.41) is 2.96. The van der Waals surface area contributed by atoms with Crippen LogP contribution in [0.3, 0.4) is 0 Å². The number of anilines is 1. The molecule has 0 aliphatic heterocycles. The zero-order valence-corrected chi connectivity index (χ0v) is 19.3. The molecule has 0 bridgehead atoms. The fourth-order valence-electron chi connectivity index (χ4n) is 3.73. The topological polar surface area (TPSA) is 49.4 Å². The van der Waals surface area contributed by atoms with Crippen LogP contribution in [0.4, 0.5) is 5.69 Å². The van der Waals surface area contributed by atoms with Gasteiger partial charge in [0.25, 0.3) is 5.91 Å². The quantitative estimate of drug-likeness (QED) is 0.376. The first kappa shape index (κ1) is 23.0. The SMILES string of the molecule is Cc1ccc(CN(C(=O)c2ccccc2)c2ccc(CC(=O)NCc3ccccc3)cc2)cc1. The molecule has 0 saturated carbocycles. The van der Waals surface area contributed by atoms with E-state index < -0.39 is 0 Å². The summed E-state index contributed by atoms with van der Waals surface area (Å²) in [6.45, 7) is 3.02. The van der Waals surface area contributed by atoms with Crippen molar-refractivity contribution >= 4 is 17.5 Å². The monoisotopic (exact) mass is 448 g/mol. The zero-order valence-electron chi connectivity index (χ0n) is 19.3. The Hall–Kier alpha value is -4.18. The molecule has 4 heteroatoms. The molecule has 4 aromatic rings. The Bertz CT molecular complexity index is 1220. The minimum atomic E-state index is -0.0606. The Morgan fingerprint density at radius 1 is 0.676 bits per heavy atom. The van der Waals surface area contributed by atoms with Crippen molar-refractivity contribution in [2.45, 2.75) is 26.4 Å². The molecule has 170 valence electrons. The average Bonchev–Trinajstić information content (AvgIpc) is 2.88. The molecule has 4 aromatic carbocycles. The normalized spacial score (nSPS) is 10.5. The lowest BCUT2D eigenvalue weighted by molar-refractivity contribution is -0.120. The van der Waals surface area contributed by atoms with Gasteiger partial charge in [0.2, 0.25) is 5.91 Å². The summed E-state index contributed by atoms with van der Waals surface area (Å²) in [4.78, 5) is 27.5. The van der Waals surface area contributed by atoms with E-state index >= 15 is 0 Å². The summed E-state index contributed by atoms with van der Waals surface area (Å²) in [5.74, 6) is -0.0944. The first-order chi connectivity index (χ1) is 16.6. The molecule has 0 fully saturated rings. The van der Waals surface area contributed by atoms with E-state index in [0.29, 0.717) is 18.7 Å². The largest absolute Gasteiger partial charge is 0.352 e. The Kier molecular flexibility index (Phi) is 7.51. The van der Waals surface area contributed by atoms with Crippen molar-refractivity contribution in [3.63, 3.8) is 0 Å². The number of amides is 2. The van der Waals surface area contributed by atoms with Gasteiger partial charge in [-0.3, -0.25) is 9.59 Å². The smallest absolute Gasteiger partial charge is 0.258 e. The summed E-state index contributed by atoms with van der Waals surface area (Å²) in [6.07, 6.45) is 0.289. The minimum absolute atomic E-state index is 0.0338. The molecule has 4 rings (SSSR count). The van der Waals surface area contributed by atoms with Crippen molar-refractivity contribution in [2.24, 2.45) is 0 Å². The van der Waals surface area contributed by atoms with Gasteiger partial charge in [0.05, 0.1) is 13.0 Å². The molecule has 0 aromatic heterocycles. The number of carbonyl (C=O) groups excluding carboxylic acids is 2. The standard InChI is InChI=1S/C30H28N2O2/c1-23-12-14-26(15-13-23)22-32(30(34)27-10-6-3-7-11-27)28-18-16-24(17-19-28)20-29(33)31-21-25-8-4-2-5-9-25/h2-19H,20-22H2,1H3,(H,31,33). The number of carbonyl (C=O) groups is 2. The van der Waals surface area contributed by atoms with Crippen LogP contribution in [0.5, 0.6) is 0 Å². The lowest BCUT2D eigenvalue weighted by Crippen LogP contribution is -2.30. The van der Waals surface area contributed by atoms with Crippen molar-refractivity contribution in [2.75, 3.05) is 4.90 Å². The maximum Gasteiger partial charge on any atom is 0.258 e. The molecule has 0 saturated heterocycles. The van der Waals surface area contributed by atoms with Gasteiger partial charge in [0, 0.05) is 17.8 Å². The van der Waals surface area contributed by atoms with Crippen molar-refractivity contribution < 1.29 is 9.59 Å². The van der Waals surface area contributed by atoms with Crippen LogP contribution in [-0.4, -0.2) is 11.8 Å². The molecule has 4 nitrogen and oxygen atoms in total. The van der Waals surface area contributed by atoms with Crippen LogP contribution in [0.15, 0.2) is 109 Å². The van der Waals surface area contributed by atoms with Gasteiger partial charge in [-0.2, -0.15) is 0 Å². The molecule has 1 N–H and O–H groups in total. The Labute approximate surface area is 200 Å². The zero-order chi connectivity index (χ0) is 23.8. The predicted octanol–water partition coefficient (Wildman–Crippen LogP) is 5.70. The van der Waals surface area contributed by atoms with Gasteiger partial charge in [-0.1, -0.05) is 90.5 Å². The van der Waals surface area contributed by atoms with E-state index in [2.05, 4.69) is 17.4 Å². The molecule has 0 spiro atoms. The van der Waals surface area contributed by atoms with Gasteiger partial charge in [0.1, 0.15) is 0 Å². The minimum Gasteiger partial charge on any atom is -0.352 e. The predicted molar refractivity (Wildman–Crippen MR) is 137 cm³/mol. The van der Waals surface area contributed by atoms with Crippen molar-refractivity contribution in [1.82, 2.24) is 5.32 Å². The second kappa shape index (κ2) is 11.1. The van der Waals surface area contributed by atoms with Gasteiger partial charge in [0.15, 0.2) is 0 Å². The van der Waals surface area contributed by atoms with E-state index in [1.54, 1.807) is 4.90 Å². The van der Waals surface area contributed by atoms with Gasteiger partial charge >= 0.3 is 0 Å². The first-order valence-electron chi connectivity index (χ1n) is 11.4. The van der Waals surface area contributed by atoms with Crippen LogP contribution in [0.25, 0.3) is 0 Å². The molecule has 0 heterocycles. The third kappa shape index (κ3) is 6.20. The van der Waals surface area contributed by atoms with Crippen LogP contribution in [-0.2, 0) is 24.3 Å². The Balaban J connectivity index is 1.48. The van der Waals surface area contributed by atoms with Gasteiger partial charge in [-0.15, -0.1) is 0 Å². The highest BCUT2D eigenvalue weighted by Crippen LogP contribution is 2.22. The molecule has 0 aliphatic rings. The van der Waals surface area contributed by atoms with Crippen LogP contribution >= 0.6 is 0 Å². The van der Waals surface area contributed by atoms with Crippen LogP contribution in [0.2, 0.25) is 0 Å². The van der Waals surface area contributed by atoms with Crippen LogP contribution in [0, 0.1) is 6.92 Å². The van der Waals surface area contributed by atoms with E-state index in [-0.39, 0.29) is 18.2 Å². The average molecular weight is 449 g/mol. The number of nitrogens with one attached hydrogen (secondary N) is 1. The molecule has 0 atom stereocenters. The van der Waals surface area contributed by atoms with E-state index in [4.69, 9.17) is 0 Å². The maximum atomic E-state index is 13.4. The van der Waals surface area contributed by atoms with Crippen LogP contribution < -0.4 is 10.2 Å². The molecule has 0 unspecified atom stereocenters. The maximum absolute atomic E-state index is 13.4. The second-order valence-electron chi connectivity index (χ2n) is 8.35. The molecule has 2 amide bonds. The van der Waals surface area contributed by atoms with Crippen molar-refractivity contribution in [3.8, 4) is 0 Å². The summed E-state index contributed by atoms with van der Waals surface area (Å²) < 4.78 is 0. The van der Waals surface area contributed by atoms with Gasteiger partial charge in [-0.05, 0) is 47.9 Å². The van der Waals surface area contributed by atoms with Crippen LogP contribution in [0.1, 0.15) is 32.6 Å². The number of aryl methyl sites for hydroxylation is 1. The molecular weight excluding hydrogens is 420 g/mol. The number of benzene rings is 4. The second-order valence-corrected chi connectivity index (χ2v) is 8.35. The Morgan fingerprint density at radius 3 is 1.91 bits per heavy atom. The lowest BCUT2D eigenvalue weighted by atomic mass is 10.1. The third-order valence-electron chi connectivity index (χ3n) is 5.67. The highest BCUT2D eigenvalue weighted by molar-refractivity contribution is 6.06. The van der Waals surface area contributed by atoms with E-state index in [9.17, 15) is 9.59 Å². The fourth-order valence-corrected chi connectivity index (χ4v) is 3.73. The van der Waals surface area contributed by atoms with Crippen molar-refractivity contribution in [1.29, 1.82) is 0 Å². The lowest BCUT2D eigenvalue weighted by Gasteiger charge is -2.23. The summed E-state index contributed by atoms with van der Waals surface area (Å²) in [5.41, 5.74) is 5.63. The van der Waals surface area contributed by atoms with E-state index in [0.717, 1.165) is 22.4 Å². The van der Waals surface area contributed by atoms with Gasteiger partial charge in [-0.25, -0.2) is 0 Å². The molecule has 0 radical (unpaired) electrons. The fraction of sp³-hybridized carbons (Fsp3) is 0.133. The number of hydrogen-bond acceptors (Lipinski definition) is 2. The third-order valence-corrected chi connectivity index (χ3v) is 5.67. The van der Waals surface area contributed by atoms with Crippen molar-refractivity contribution in [3.05, 3.63) is 137 Å². The molecule has 0 aliphatic carbocycles.